The zero-order chi connectivity index (χ0) is 41.1. The van der Waals surface area contributed by atoms with Crippen molar-refractivity contribution in [3.8, 4) is 0 Å². The molecule has 0 N–H and O–H groups in total. The summed E-state index contributed by atoms with van der Waals surface area (Å²) in [5.74, 6) is 2.97. The molecule has 0 radical (unpaired) electrons. The van der Waals surface area contributed by atoms with Gasteiger partial charge in [0.05, 0.1) is 6.10 Å². The molecule has 318 valence electrons. The minimum Gasteiger partial charge on any atom is -0.463 e. The minimum atomic E-state index is -1.24. The Hall–Kier alpha value is -2.46. The number of allylic oxidation sites excluding steroid dienone is 1. The quantitative estimate of drug-likeness (QED) is 0.0902. The molecule has 3 saturated carbocycles. The van der Waals surface area contributed by atoms with Crippen LogP contribution in [0.3, 0.4) is 0 Å². The molecular formula is C46H74O10. The Morgan fingerprint density at radius 1 is 0.821 bits per heavy atom. The van der Waals surface area contributed by atoms with Crippen molar-refractivity contribution < 1.29 is 47.6 Å². The van der Waals surface area contributed by atoms with Gasteiger partial charge in [-0.15, -0.1) is 0 Å². The maximum Gasteiger partial charge on any atom is 0.306 e. The molecule has 4 aliphatic carbocycles. The summed E-state index contributed by atoms with van der Waals surface area (Å²) >= 11 is 0. The van der Waals surface area contributed by atoms with Gasteiger partial charge in [0, 0.05) is 27.2 Å². The Kier molecular flexibility index (Phi) is 14.9. The van der Waals surface area contributed by atoms with Crippen LogP contribution >= 0.6 is 0 Å². The number of rotatable bonds is 15. The first-order valence-electron chi connectivity index (χ1n) is 22.1. The van der Waals surface area contributed by atoms with E-state index in [0.717, 1.165) is 55.3 Å². The Bertz CT molecular complexity index is 1420. The van der Waals surface area contributed by atoms with Gasteiger partial charge in [-0.2, -0.15) is 0 Å². The maximum absolute atomic E-state index is 12.6. The van der Waals surface area contributed by atoms with Crippen molar-refractivity contribution in [1.29, 1.82) is 0 Å². The van der Waals surface area contributed by atoms with E-state index in [0.29, 0.717) is 17.3 Å². The number of hydrogen-bond acceptors (Lipinski definition) is 10. The number of carbonyl (C=O) groups is 4. The van der Waals surface area contributed by atoms with Gasteiger partial charge in [0.2, 0.25) is 0 Å². The molecule has 56 heavy (non-hydrogen) atoms. The highest BCUT2D eigenvalue weighted by atomic mass is 16.7. The van der Waals surface area contributed by atoms with Gasteiger partial charge in [-0.25, -0.2) is 0 Å². The van der Waals surface area contributed by atoms with Gasteiger partial charge in [-0.05, 0) is 116 Å². The first-order chi connectivity index (χ1) is 26.4. The predicted octanol–water partition coefficient (Wildman–Crippen LogP) is 9.16. The molecule has 0 aromatic carbocycles. The molecule has 1 heterocycles. The van der Waals surface area contributed by atoms with Crippen LogP contribution < -0.4 is 0 Å². The molecule has 14 atom stereocenters. The van der Waals surface area contributed by atoms with Crippen molar-refractivity contribution >= 4 is 23.9 Å². The van der Waals surface area contributed by atoms with E-state index in [1.54, 1.807) is 0 Å². The van der Waals surface area contributed by atoms with Crippen LogP contribution in [0.4, 0.5) is 0 Å². The molecule has 4 fully saturated rings. The van der Waals surface area contributed by atoms with Crippen LogP contribution in [0.15, 0.2) is 11.6 Å². The molecule has 10 nitrogen and oxygen atoms in total. The minimum absolute atomic E-state index is 0.0775. The summed E-state index contributed by atoms with van der Waals surface area (Å²) in [6.45, 7) is 22.1. The van der Waals surface area contributed by atoms with Crippen LogP contribution in [-0.4, -0.2) is 67.3 Å². The summed E-state index contributed by atoms with van der Waals surface area (Å²) < 4.78 is 35.7. The Morgan fingerprint density at radius 3 is 2.11 bits per heavy atom. The first kappa shape index (κ1) is 44.6. The van der Waals surface area contributed by atoms with Crippen LogP contribution in [0, 0.1) is 58.2 Å². The van der Waals surface area contributed by atoms with Crippen LogP contribution in [0.25, 0.3) is 0 Å². The highest BCUT2D eigenvalue weighted by Gasteiger charge is 2.60. The van der Waals surface area contributed by atoms with Gasteiger partial charge in [0.1, 0.15) is 12.7 Å². The number of esters is 4. The van der Waals surface area contributed by atoms with E-state index in [2.05, 4.69) is 47.6 Å². The molecule has 0 bridgehead atoms. The second kappa shape index (κ2) is 18.6. The van der Waals surface area contributed by atoms with Gasteiger partial charge >= 0.3 is 23.9 Å². The molecule has 0 aromatic heterocycles. The maximum atomic E-state index is 12.6. The van der Waals surface area contributed by atoms with E-state index < -0.39 is 54.6 Å². The lowest BCUT2D eigenvalue weighted by Gasteiger charge is -2.58. The molecule has 0 amide bonds. The molecule has 10 heteroatoms. The van der Waals surface area contributed by atoms with Crippen molar-refractivity contribution in [3.05, 3.63) is 11.6 Å². The van der Waals surface area contributed by atoms with Crippen LogP contribution in [-0.2, 0) is 47.6 Å². The summed E-state index contributed by atoms with van der Waals surface area (Å²) in [4.78, 5) is 49.8. The summed E-state index contributed by atoms with van der Waals surface area (Å²) in [6.07, 6.45) is 9.49. The Labute approximate surface area is 337 Å². The number of fused-ring (bicyclic) bond motifs is 5. The van der Waals surface area contributed by atoms with Crippen LogP contribution in [0.5, 0.6) is 0 Å². The largest absolute Gasteiger partial charge is 0.463 e. The average Bonchev–Trinajstić information content (AvgIpc) is 3.46. The highest BCUT2D eigenvalue weighted by Crippen LogP contribution is 2.67. The fourth-order valence-electron chi connectivity index (χ4n) is 12.3. The zero-order valence-corrected chi connectivity index (χ0v) is 36.4. The van der Waals surface area contributed by atoms with E-state index in [9.17, 15) is 19.2 Å². The number of ether oxygens (including phenoxy) is 6. The lowest BCUT2D eigenvalue weighted by atomic mass is 9.47. The second-order valence-corrected chi connectivity index (χ2v) is 19.5. The number of carbonyl (C=O) groups excluding carboxylic acids is 4. The smallest absolute Gasteiger partial charge is 0.306 e. The van der Waals surface area contributed by atoms with Gasteiger partial charge in [-0.3, -0.25) is 19.2 Å². The van der Waals surface area contributed by atoms with Crippen LogP contribution in [0.2, 0.25) is 0 Å². The van der Waals surface area contributed by atoms with Gasteiger partial charge in [0.25, 0.3) is 0 Å². The first-order valence-corrected chi connectivity index (χ1v) is 22.1. The molecule has 5 rings (SSSR count). The van der Waals surface area contributed by atoms with Crippen molar-refractivity contribution in [2.45, 2.75) is 190 Å². The molecule has 1 saturated heterocycles. The summed E-state index contributed by atoms with van der Waals surface area (Å²) in [5, 5.41) is 0. The monoisotopic (exact) mass is 787 g/mol. The third kappa shape index (κ3) is 9.86. The third-order valence-corrected chi connectivity index (χ3v) is 15.1. The molecule has 0 aromatic rings. The third-order valence-electron chi connectivity index (χ3n) is 15.1. The molecule has 5 aliphatic rings. The average molecular weight is 787 g/mol. The normalized spacial score (nSPS) is 37.7. The Morgan fingerprint density at radius 2 is 1.48 bits per heavy atom. The summed E-state index contributed by atoms with van der Waals surface area (Å²) in [5.41, 5.74) is 1.94. The van der Waals surface area contributed by atoms with E-state index >= 15 is 0 Å². The number of hydrogen-bond donors (Lipinski definition) is 0. The van der Waals surface area contributed by atoms with Gasteiger partial charge in [-0.1, -0.05) is 79.9 Å². The van der Waals surface area contributed by atoms with E-state index in [1.165, 1.54) is 71.3 Å². The zero-order valence-electron chi connectivity index (χ0n) is 36.4. The SMILES string of the molecule is CC[C@H](CC[C@@H](C)[C@H]1CC[C@@H]2[C@H]3CC=C4C[C@@H](O[C@@H]5O[C@@H](COC(=O)CC(C)C)[C@H](OC(C)=O)[C@@H](OC(C)=O)[C@@H]5OC(C)=O)CC[C@]4(C)[C@@H]3CC[C@@]21C)C(C)C. The standard InChI is InChI=1S/C46H74O10/c1-12-32(27(4)5)14-13-28(6)36-17-18-37-35-16-15-33-24-34(19-21-45(33,10)38(35)20-22-46(36,37)11)55-44-43(54-31(9)49)42(53-30(8)48)41(52-29(7)47)39(56-44)25-51-40(50)23-26(2)3/h15,26-28,32,34-39,41-44H,12-14,16-25H2,1-11H3/t28-,32-,34+,35-,36-,37-,38-,39+,41+,42-,43+,44-,45+,46-/m1/s1. The van der Waals surface area contributed by atoms with E-state index in [-0.39, 0.29) is 30.5 Å². The molecular weight excluding hydrogens is 712 g/mol. The molecule has 1 aliphatic heterocycles. The van der Waals surface area contributed by atoms with Crippen molar-refractivity contribution in [3.63, 3.8) is 0 Å². The van der Waals surface area contributed by atoms with E-state index in [1.807, 2.05) is 13.8 Å². The fraction of sp³-hybridized carbons (Fsp3) is 0.870. The van der Waals surface area contributed by atoms with E-state index in [4.69, 9.17) is 28.4 Å². The summed E-state index contributed by atoms with van der Waals surface area (Å²) in [7, 11) is 0. The summed E-state index contributed by atoms with van der Waals surface area (Å²) in [6, 6.07) is 0. The Balaban J connectivity index is 1.32. The topological polar surface area (TPSA) is 124 Å². The van der Waals surface area contributed by atoms with Crippen LogP contribution in [0.1, 0.15) is 153 Å². The van der Waals surface area contributed by atoms with Crippen molar-refractivity contribution in [2.24, 2.45) is 58.2 Å². The predicted molar refractivity (Wildman–Crippen MR) is 213 cm³/mol. The van der Waals surface area contributed by atoms with Gasteiger partial charge < -0.3 is 28.4 Å². The highest BCUT2D eigenvalue weighted by molar-refractivity contribution is 5.70. The van der Waals surface area contributed by atoms with Crippen molar-refractivity contribution in [2.75, 3.05) is 6.61 Å². The lowest BCUT2D eigenvalue weighted by Crippen LogP contribution is -2.63. The van der Waals surface area contributed by atoms with Gasteiger partial charge in [0.15, 0.2) is 24.6 Å². The van der Waals surface area contributed by atoms with Crippen molar-refractivity contribution in [1.82, 2.24) is 0 Å². The lowest BCUT2D eigenvalue weighted by molar-refractivity contribution is -0.318. The fourth-order valence-corrected chi connectivity index (χ4v) is 12.3. The molecule has 0 unspecified atom stereocenters. The molecule has 0 spiro atoms. The second-order valence-electron chi connectivity index (χ2n) is 19.5.